The van der Waals surface area contributed by atoms with Crippen LogP contribution in [0.3, 0.4) is 0 Å². The van der Waals surface area contributed by atoms with Crippen molar-refractivity contribution in [3.63, 3.8) is 0 Å². The predicted molar refractivity (Wildman–Crippen MR) is 80.5 cm³/mol. The molecule has 0 atom stereocenters. The largest absolute Gasteiger partial charge is 0.493 e. The third-order valence-corrected chi connectivity index (χ3v) is 4.20. The molecule has 0 saturated carbocycles. The van der Waals surface area contributed by atoms with Gasteiger partial charge in [-0.3, -0.25) is 4.79 Å². The van der Waals surface area contributed by atoms with Gasteiger partial charge < -0.3 is 14.7 Å². The first-order chi connectivity index (χ1) is 10.3. The number of methoxy groups -OCH3 is 1. The van der Waals surface area contributed by atoms with Gasteiger partial charge in [-0.15, -0.1) is 0 Å². The van der Waals surface area contributed by atoms with E-state index < -0.39 is 16.0 Å². The zero-order chi connectivity index (χ0) is 16.3. The summed E-state index contributed by atoms with van der Waals surface area (Å²) in [5.74, 6) is -0.932. The number of carbonyl (C=O) groups excluding carboxylic acids is 1. The van der Waals surface area contributed by atoms with Crippen molar-refractivity contribution >= 4 is 16.0 Å². The van der Waals surface area contributed by atoms with Crippen molar-refractivity contribution in [1.29, 1.82) is 0 Å². The second-order valence-electron chi connectivity index (χ2n) is 4.55. The van der Waals surface area contributed by atoms with Crippen LogP contribution >= 0.6 is 0 Å². The molecule has 0 saturated heterocycles. The molecular formula is C15H15NO5S. The lowest BCUT2D eigenvalue weighted by Crippen LogP contribution is -2.17. The minimum atomic E-state index is -4.11. The van der Waals surface area contributed by atoms with E-state index in [0.29, 0.717) is 0 Å². The van der Waals surface area contributed by atoms with Gasteiger partial charge in [0.15, 0.2) is 11.5 Å². The molecule has 0 radical (unpaired) electrons. The standard InChI is InChI=1S/C15H15NO5S/c1-10-6-8-11(9-7-10)22(18,19)21-14-12(15(16)17)4-3-5-13(14)20-2/h3-9H,1-2H3,(H2,16,17). The number of benzene rings is 2. The molecule has 2 aromatic carbocycles. The van der Waals surface area contributed by atoms with Crippen molar-refractivity contribution in [2.45, 2.75) is 11.8 Å². The summed E-state index contributed by atoms with van der Waals surface area (Å²) >= 11 is 0. The van der Waals surface area contributed by atoms with Gasteiger partial charge in [0.2, 0.25) is 0 Å². The fourth-order valence-electron chi connectivity index (χ4n) is 1.82. The smallest absolute Gasteiger partial charge is 0.339 e. The van der Waals surface area contributed by atoms with E-state index in [1.165, 1.54) is 37.4 Å². The van der Waals surface area contributed by atoms with Crippen LogP contribution in [0.4, 0.5) is 0 Å². The molecule has 0 aliphatic rings. The van der Waals surface area contributed by atoms with Crippen LogP contribution in [0.2, 0.25) is 0 Å². The molecule has 22 heavy (non-hydrogen) atoms. The highest BCUT2D eigenvalue weighted by molar-refractivity contribution is 7.87. The van der Waals surface area contributed by atoms with E-state index in [-0.39, 0.29) is 22.0 Å². The number of para-hydroxylation sites is 1. The summed E-state index contributed by atoms with van der Waals surface area (Å²) < 4.78 is 34.8. The summed E-state index contributed by atoms with van der Waals surface area (Å²) in [6, 6.07) is 10.5. The number of carbonyl (C=O) groups is 1. The first-order valence-corrected chi connectivity index (χ1v) is 7.74. The van der Waals surface area contributed by atoms with Gasteiger partial charge in [-0.2, -0.15) is 8.42 Å². The van der Waals surface area contributed by atoms with E-state index in [0.717, 1.165) is 5.56 Å². The number of nitrogens with two attached hydrogens (primary N) is 1. The van der Waals surface area contributed by atoms with Crippen LogP contribution in [0.25, 0.3) is 0 Å². The lowest BCUT2D eigenvalue weighted by Gasteiger charge is -2.13. The maximum Gasteiger partial charge on any atom is 0.339 e. The molecule has 2 N–H and O–H groups in total. The van der Waals surface area contributed by atoms with Crippen molar-refractivity contribution in [2.75, 3.05) is 7.11 Å². The highest BCUT2D eigenvalue weighted by Gasteiger charge is 2.23. The Bertz CT molecular complexity index is 797. The van der Waals surface area contributed by atoms with Gasteiger partial charge >= 0.3 is 10.1 Å². The molecule has 0 spiro atoms. The minimum absolute atomic E-state index is 0.0283. The normalized spacial score (nSPS) is 11.0. The molecule has 0 unspecified atom stereocenters. The van der Waals surface area contributed by atoms with Gasteiger partial charge in [0.25, 0.3) is 5.91 Å². The van der Waals surface area contributed by atoms with E-state index >= 15 is 0 Å². The minimum Gasteiger partial charge on any atom is -0.493 e. The zero-order valence-corrected chi connectivity index (χ0v) is 12.9. The molecule has 116 valence electrons. The molecule has 0 aliphatic carbocycles. The quantitative estimate of drug-likeness (QED) is 0.848. The molecule has 6 nitrogen and oxygen atoms in total. The Morgan fingerprint density at radius 1 is 1.09 bits per heavy atom. The summed E-state index contributed by atoms with van der Waals surface area (Å²) in [6.45, 7) is 1.84. The fraction of sp³-hybridized carbons (Fsp3) is 0.133. The molecule has 2 rings (SSSR count). The Hall–Kier alpha value is -2.54. The number of hydrogen-bond acceptors (Lipinski definition) is 5. The summed E-state index contributed by atoms with van der Waals surface area (Å²) in [5.41, 5.74) is 6.08. The molecule has 0 bridgehead atoms. The number of ether oxygens (including phenoxy) is 1. The summed E-state index contributed by atoms with van der Waals surface area (Å²) in [7, 11) is -2.77. The van der Waals surface area contributed by atoms with Gasteiger partial charge in [-0.1, -0.05) is 23.8 Å². The molecule has 2 aromatic rings. The van der Waals surface area contributed by atoms with Crippen molar-refractivity contribution in [2.24, 2.45) is 5.73 Å². The monoisotopic (exact) mass is 321 g/mol. The fourth-order valence-corrected chi connectivity index (χ4v) is 2.78. The van der Waals surface area contributed by atoms with Gasteiger partial charge in [-0.05, 0) is 31.2 Å². The Morgan fingerprint density at radius 3 is 2.27 bits per heavy atom. The summed E-state index contributed by atoms with van der Waals surface area (Å²) in [4.78, 5) is 11.4. The Morgan fingerprint density at radius 2 is 1.73 bits per heavy atom. The zero-order valence-electron chi connectivity index (χ0n) is 12.1. The molecule has 0 heterocycles. The number of amides is 1. The van der Waals surface area contributed by atoms with E-state index in [2.05, 4.69) is 0 Å². The van der Waals surface area contributed by atoms with Crippen LogP contribution in [-0.4, -0.2) is 21.4 Å². The van der Waals surface area contributed by atoms with E-state index in [9.17, 15) is 13.2 Å². The van der Waals surface area contributed by atoms with Crippen LogP contribution in [-0.2, 0) is 10.1 Å². The average molecular weight is 321 g/mol. The average Bonchev–Trinajstić information content (AvgIpc) is 2.47. The molecule has 7 heteroatoms. The Balaban J connectivity index is 2.49. The molecular weight excluding hydrogens is 306 g/mol. The Labute approximate surface area is 128 Å². The predicted octanol–water partition coefficient (Wildman–Crippen LogP) is 1.87. The van der Waals surface area contributed by atoms with Crippen LogP contribution in [0.15, 0.2) is 47.4 Å². The second kappa shape index (κ2) is 6.07. The number of hydrogen-bond donors (Lipinski definition) is 1. The number of primary amides is 1. The number of aryl methyl sites for hydroxylation is 1. The Kier molecular flexibility index (Phi) is 4.37. The first-order valence-electron chi connectivity index (χ1n) is 6.33. The molecule has 0 fully saturated rings. The first kappa shape index (κ1) is 15.8. The lowest BCUT2D eigenvalue weighted by atomic mass is 10.2. The highest BCUT2D eigenvalue weighted by Crippen LogP contribution is 2.33. The van der Waals surface area contributed by atoms with Crippen molar-refractivity contribution in [3.05, 3.63) is 53.6 Å². The van der Waals surface area contributed by atoms with Crippen molar-refractivity contribution < 1.29 is 22.1 Å². The van der Waals surface area contributed by atoms with Crippen LogP contribution in [0.1, 0.15) is 15.9 Å². The third-order valence-electron chi connectivity index (χ3n) is 2.97. The summed E-state index contributed by atoms with van der Waals surface area (Å²) in [6.07, 6.45) is 0. The maximum atomic E-state index is 12.3. The van der Waals surface area contributed by atoms with Gasteiger partial charge in [0.05, 0.1) is 12.7 Å². The van der Waals surface area contributed by atoms with Crippen LogP contribution < -0.4 is 14.7 Å². The van der Waals surface area contributed by atoms with Gasteiger partial charge in [-0.25, -0.2) is 0 Å². The SMILES string of the molecule is COc1cccc(C(N)=O)c1OS(=O)(=O)c1ccc(C)cc1. The third kappa shape index (κ3) is 3.20. The molecule has 0 aliphatic heterocycles. The lowest BCUT2D eigenvalue weighted by molar-refractivity contribution is 0.0998. The van der Waals surface area contributed by atoms with E-state index in [4.69, 9.17) is 14.7 Å². The highest BCUT2D eigenvalue weighted by atomic mass is 32.2. The van der Waals surface area contributed by atoms with Gasteiger partial charge in [0, 0.05) is 0 Å². The maximum absolute atomic E-state index is 12.3. The molecule has 0 aromatic heterocycles. The number of rotatable bonds is 5. The van der Waals surface area contributed by atoms with E-state index in [1.807, 2.05) is 6.92 Å². The molecule has 1 amide bonds. The van der Waals surface area contributed by atoms with E-state index in [1.54, 1.807) is 12.1 Å². The van der Waals surface area contributed by atoms with Crippen molar-refractivity contribution in [1.82, 2.24) is 0 Å². The van der Waals surface area contributed by atoms with Crippen LogP contribution in [0, 0.1) is 6.92 Å². The second-order valence-corrected chi connectivity index (χ2v) is 6.10. The van der Waals surface area contributed by atoms with Crippen LogP contribution in [0.5, 0.6) is 11.5 Å². The van der Waals surface area contributed by atoms with Gasteiger partial charge in [0.1, 0.15) is 4.90 Å². The topological polar surface area (TPSA) is 95.7 Å². The van der Waals surface area contributed by atoms with Crippen molar-refractivity contribution in [3.8, 4) is 11.5 Å². The summed E-state index contributed by atoms with van der Waals surface area (Å²) in [5, 5.41) is 0.